The predicted octanol–water partition coefficient (Wildman–Crippen LogP) is -0.738. The van der Waals surface area contributed by atoms with Crippen LogP contribution in [-0.4, -0.2) is 120 Å². The van der Waals surface area contributed by atoms with E-state index in [4.69, 9.17) is 18.9 Å². The summed E-state index contributed by atoms with van der Waals surface area (Å²) in [4.78, 5) is 28.2. The van der Waals surface area contributed by atoms with Crippen molar-refractivity contribution in [3.8, 4) is 0 Å². The molecular weight excluding hydrogens is 374 g/mol. The van der Waals surface area contributed by atoms with Crippen LogP contribution in [0.25, 0.3) is 0 Å². The highest BCUT2D eigenvalue weighted by Crippen LogP contribution is 2.22. The van der Waals surface area contributed by atoms with E-state index in [1.807, 2.05) is 7.05 Å². The van der Waals surface area contributed by atoms with E-state index < -0.39 is 6.04 Å². The first-order valence-corrected chi connectivity index (χ1v) is 10.3. The first-order valence-electron chi connectivity index (χ1n) is 9.10. The average molecular weight is 408 g/mol. The summed E-state index contributed by atoms with van der Waals surface area (Å²) in [5.41, 5.74) is 0. The van der Waals surface area contributed by atoms with Gasteiger partial charge in [-0.2, -0.15) is 0 Å². The predicted molar refractivity (Wildman–Crippen MR) is 104 cm³/mol. The van der Waals surface area contributed by atoms with E-state index in [0.29, 0.717) is 57.8 Å². The Morgan fingerprint density at radius 2 is 1.81 bits per heavy atom. The Morgan fingerprint density at radius 1 is 1.11 bits per heavy atom. The van der Waals surface area contributed by atoms with Gasteiger partial charge in [0, 0.05) is 33.0 Å². The first kappa shape index (κ1) is 24.1. The third-order valence-corrected chi connectivity index (χ3v) is 4.97. The van der Waals surface area contributed by atoms with Crippen molar-refractivity contribution in [2.24, 2.45) is 0 Å². The molecule has 1 aliphatic heterocycles. The number of nitrogens with one attached hydrogen (secondary N) is 1. The molecule has 1 heterocycles. The van der Waals surface area contributed by atoms with E-state index in [0.717, 1.165) is 6.54 Å². The van der Waals surface area contributed by atoms with Gasteiger partial charge in [0.15, 0.2) is 0 Å². The Bertz CT molecular complexity index is 429. The van der Waals surface area contributed by atoms with Gasteiger partial charge in [0.25, 0.3) is 0 Å². The lowest BCUT2D eigenvalue weighted by Crippen LogP contribution is -2.49. The van der Waals surface area contributed by atoms with Gasteiger partial charge in [0.2, 0.25) is 11.8 Å². The second kappa shape index (κ2) is 15.1. The fraction of sp³-hybridized carbons (Fsp3) is 0.882. The number of carbonyl (C=O) groups excluding carboxylic acids is 2. The maximum absolute atomic E-state index is 12.6. The molecule has 2 amide bonds. The number of thioether (sulfide) groups is 1. The summed E-state index contributed by atoms with van der Waals surface area (Å²) in [6.07, 6.45) is 0. The van der Waals surface area contributed by atoms with Crippen LogP contribution in [0.3, 0.4) is 0 Å². The molecule has 0 spiro atoms. The number of nitrogens with zero attached hydrogens (tertiary/aromatic N) is 2. The SMILES string of the molecule is CNCCOCCN(C)C(=O)C1CSCN1C(=O)COCCOCCOC. The van der Waals surface area contributed by atoms with Crippen molar-refractivity contribution in [2.45, 2.75) is 6.04 Å². The zero-order chi connectivity index (χ0) is 19.9. The summed E-state index contributed by atoms with van der Waals surface area (Å²) >= 11 is 1.58. The second-order valence-electron chi connectivity index (χ2n) is 6.01. The topological polar surface area (TPSA) is 89.6 Å². The normalized spacial score (nSPS) is 16.7. The quantitative estimate of drug-likeness (QED) is 0.355. The lowest BCUT2D eigenvalue weighted by molar-refractivity contribution is -0.145. The zero-order valence-corrected chi connectivity index (χ0v) is 17.4. The minimum atomic E-state index is -0.439. The van der Waals surface area contributed by atoms with Gasteiger partial charge in [-0.3, -0.25) is 9.59 Å². The number of likely N-dealkylation sites (N-methyl/N-ethyl adjacent to an activating group) is 2. The van der Waals surface area contributed by atoms with Crippen molar-refractivity contribution in [2.75, 3.05) is 92.2 Å². The van der Waals surface area contributed by atoms with Crippen LogP contribution in [-0.2, 0) is 28.5 Å². The molecule has 10 heteroatoms. The molecule has 1 N–H and O–H groups in total. The third-order valence-electron chi connectivity index (χ3n) is 3.96. The maximum Gasteiger partial charge on any atom is 0.249 e. The van der Waals surface area contributed by atoms with Gasteiger partial charge in [0.1, 0.15) is 12.6 Å². The molecule has 1 fully saturated rings. The fourth-order valence-corrected chi connectivity index (χ4v) is 3.51. The minimum absolute atomic E-state index is 0.0468. The van der Waals surface area contributed by atoms with Crippen molar-refractivity contribution in [1.29, 1.82) is 0 Å². The minimum Gasteiger partial charge on any atom is -0.382 e. The van der Waals surface area contributed by atoms with Crippen LogP contribution in [0.5, 0.6) is 0 Å². The summed E-state index contributed by atoms with van der Waals surface area (Å²) in [6, 6.07) is -0.439. The molecule has 27 heavy (non-hydrogen) atoms. The van der Waals surface area contributed by atoms with Crippen LogP contribution in [0.1, 0.15) is 0 Å². The zero-order valence-electron chi connectivity index (χ0n) is 16.6. The van der Waals surface area contributed by atoms with Gasteiger partial charge in [-0.05, 0) is 7.05 Å². The number of amides is 2. The van der Waals surface area contributed by atoms with Gasteiger partial charge < -0.3 is 34.1 Å². The van der Waals surface area contributed by atoms with Gasteiger partial charge >= 0.3 is 0 Å². The van der Waals surface area contributed by atoms with Crippen molar-refractivity contribution in [3.05, 3.63) is 0 Å². The monoisotopic (exact) mass is 407 g/mol. The Kier molecular flexibility index (Phi) is 13.5. The van der Waals surface area contributed by atoms with Crippen molar-refractivity contribution >= 4 is 23.6 Å². The van der Waals surface area contributed by atoms with Crippen LogP contribution in [0.4, 0.5) is 0 Å². The molecule has 1 unspecified atom stereocenters. The molecule has 158 valence electrons. The van der Waals surface area contributed by atoms with Gasteiger partial charge in [-0.15, -0.1) is 11.8 Å². The standard InChI is InChI=1S/C17H33N3O6S/c1-18-4-6-24-7-5-19(2)17(22)15-13-27-14-20(15)16(21)12-26-11-10-25-9-8-23-3/h15,18H,4-14H2,1-3H3. The molecule has 0 aromatic heterocycles. The largest absolute Gasteiger partial charge is 0.382 e. The highest BCUT2D eigenvalue weighted by Gasteiger charge is 2.36. The number of hydrogen-bond acceptors (Lipinski definition) is 8. The Balaban J connectivity index is 2.27. The summed E-state index contributed by atoms with van der Waals surface area (Å²) in [5.74, 6) is 0.882. The second-order valence-corrected chi connectivity index (χ2v) is 7.01. The van der Waals surface area contributed by atoms with Crippen molar-refractivity contribution in [1.82, 2.24) is 15.1 Å². The molecule has 0 aromatic carbocycles. The molecule has 1 saturated heterocycles. The molecule has 1 rings (SSSR count). The first-order chi connectivity index (χ1) is 13.1. The van der Waals surface area contributed by atoms with Crippen molar-refractivity contribution < 1.29 is 28.5 Å². The van der Waals surface area contributed by atoms with Crippen LogP contribution in [0.2, 0.25) is 0 Å². The fourth-order valence-electron chi connectivity index (χ4n) is 2.34. The van der Waals surface area contributed by atoms with E-state index >= 15 is 0 Å². The number of hydrogen-bond donors (Lipinski definition) is 1. The van der Waals surface area contributed by atoms with Crippen LogP contribution in [0, 0.1) is 0 Å². The Morgan fingerprint density at radius 3 is 2.56 bits per heavy atom. The average Bonchev–Trinajstić information content (AvgIpc) is 3.16. The molecule has 9 nitrogen and oxygen atoms in total. The van der Waals surface area contributed by atoms with Crippen LogP contribution < -0.4 is 5.32 Å². The molecule has 0 aliphatic carbocycles. The van der Waals surface area contributed by atoms with Gasteiger partial charge in [-0.25, -0.2) is 0 Å². The molecule has 0 saturated carbocycles. The van der Waals surface area contributed by atoms with Crippen LogP contribution in [0.15, 0.2) is 0 Å². The molecular formula is C17H33N3O6S. The lowest BCUT2D eigenvalue weighted by Gasteiger charge is -2.27. The number of rotatable bonds is 15. The summed E-state index contributed by atoms with van der Waals surface area (Å²) in [7, 11) is 5.21. The van der Waals surface area contributed by atoms with Gasteiger partial charge in [0.05, 0.1) is 45.5 Å². The third kappa shape index (κ3) is 9.72. The number of ether oxygens (including phenoxy) is 4. The molecule has 0 bridgehead atoms. The van der Waals surface area contributed by atoms with E-state index in [9.17, 15) is 9.59 Å². The molecule has 1 aliphatic rings. The maximum atomic E-state index is 12.6. The molecule has 0 aromatic rings. The van der Waals surface area contributed by atoms with E-state index in [-0.39, 0.29) is 18.4 Å². The summed E-state index contributed by atoms with van der Waals surface area (Å²) in [5, 5.41) is 3.00. The highest BCUT2D eigenvalue weighted by molar-refractivity contribution is 7.99. The summed E-state index contributed by atoms with van der Waals surface area (Å²) in [6.45, 7) is 4.08. The highest BCUT2D eigenvalue weighted by atomic mass is 32.2. The van der Waals surface area contributed by atoms with E-state index in [2.05, 4.69) is 5.32 Å². The van der Waals surface area contributed by atoms with Gasteiger partial charge in [-0.1, -0.05) is 0 Å². The number of methoxy groups -OCH3 is 1. The van der Waals surface area contributed by atoms with E-state index in [1.54, 1.807) is 35.7 Å². The summed E-state index contributed by atoms with van der Waals surface area (Å²) < 4.78 is 21.0. The van der Waals surface area contributed by atoms with Crippen molar-refractivity contribution in [3.63, 3.8) is 0 Å². The Hall–Kier alpha value is -0.910. The number of carbonyl (C=O) groups is 2. The van der Waals surface area contributed by atoms with E-state index in [1.165, 1.54) is 0 Å². The lowest BCUT2D eigenvalue weighted by atomic mass is 10.2. The smallest absolute Gasteiger partial charge is 0.249 e. The molecule has 0 radical (unpaired) electrons. The van der Waals surface area contributed by atoms with Crippen LogP contribution >= 0.6 is 11.8 Å². The Labute approximate surface area is 166 Å². The molecule has 1 atom stereocenters.